The normalized spacial score (nSPS) is 10.7. The van der Waals surface area contributed by atoms with E-state index in [-0.39, 0.29) is 5.78 Å². The molecule has 0 spiro atoms. The van der Waals surface area contributed by atoms with Gasteiger partial charge in [-0.05, 0) is 25.7 Å². The van der Waals surface area contributed by atoms with E-state index in [1.165, 1.54) is 5.56 Å². The SMILES string of the molecule is CN(C)Cc1ccc(C(=O)c2ccccc2)cc1Br. The Morgan fingerprint density at radius 1 is 1.05 bits per heavy atom. The molecule has 3 heteroatoms. The van der Waals surface area contributed by atoms with Gasteiger partial charge in [0.2, 0.25) is 0 Å². The number of hydrogen-bond donors (Lipinski definition) is 0. The van der Waals surface area contributed by atoms with Gasteiger partial charge in [0.05, 0.1) is 0 Å². The van der Waals surface area contributed by atoms with Crippen LogP contribution in [0.15, 0.2) is 53.0 Å². The van der Waals surface area contributed by atoms with Gasteiger partial charge in [0, 0.05) is 22.1 Å². The Morgan fingerprint density at radius 2 is 1.74 bits per heavy atom. The van der Waals surface area contributed by atoms with E-state index in [1.807, 2.05) is 62.6 Å². The number of rotatable bonds is 4. The van der Waals surface area contributed by atoms with Crippen LogP contribution < -0.4 is 0 Å². The van der Waals surface area contributed by atoms with Crippen molar-refractivity contribution in [2.24, 2.45) is 0 Å². The molecule has 2 nitrogen and oxygen atoms in total. The quantitative estimate of drug-likeness (QED) is 0.801. The summed E-state index contributed by atoms with van der Waals surface area (Å²) in [7, 11) is 4.05. The Morgan fingerprint density at radius 3 is 2.32 bits per heavy atom. The first-order valence-corrected chi connectivity index (χ1v) is 6.90. The molecule has 0 N–H and O–H groups in total. The standard InChI is InChI=1S/C16H16BrNO/c1-18(2)11-14-9-8-13(10-15(14)17)16(19)12-6-4-3-5-7-12/h3-10H,11H2,1-2H3. The van der Waals surface area contributed by atoms with Gasteiger partial charge in [-0.15, -0.1) is 0 Å². The Hall–Kier alpha value is -1.45. The molecule has 0 saturated heterocycles. The Bertz CT molecular complexity index is 579. The van der Waals surface area contributed by atoms with Crippen molar-refractivity contribution in [1.82, 2.24) is 4.90 Å². The molecular weight excluding hydrogens is 302 g/mol. The van der Waals surface area contributed by atoms with Gasteiger partial charge in [-0.3, -0.25) is 4.79 Å². The van der Waals surface area contributed by atoms with Gasteiger partial charge in [-0.2, -0.15) is 0 Å². The van der Waals surface area contributed by atoms with Gasteiger partial charge in [-0.1, -0.05) is 58.4 Å². The summed E-state index contributed by atoms with van der Waals surface area (Å²) >= 11 is 3.54. The van der Waals surface area contributed by atoms with Crippen molar-refractivity contribution in [2.45, 2.75) is 6.54 Å². The van der Waals surface area contributed by atoms with Crippen LogP contribution in [0.3, 0.4) is 0 Å². The van der Waals surface area contributed by atoms with Crippen molar-refractivity contribution in [3.63, 3.8) is 0 Å². The van der Waals surface area contributed by atoms with Crippen LogP contribution in [0.5, 0.6) is 0 Å². The Labute approximate surface area is 122 Å². The molecule has 19 heavy (non-hydrogen) atoms. The number of hydrogen-bond acceptors (Lipinski definition) is 2. The van der Waals surface area contributed by atoms with Crippen molar-refractivity contribution < 1.29 is 4.79 Å². The second kappa shape index (κ2) is 6.13. The number of halogens is 1. The fraction of sp³-hybridized carbons (Fsp3) is 0.188. The molecule has 0 aliphatic heterocycles. The summed E-state index contributed by atoms with van der Waals surface area (Å²) in [5.74, 6) is 0.0534. The van der Waals surface area contributed by atoms with E-state index in [1.54, 1.807) is 0 Å². The molecular formula is C16H16BrNO. The molecule has 0 saturated carbocycles. The van der Waals surface area contributed by atoms with Crippen LogP contribution in [0.25, 0.3) is 0 Å². The number of benzene rings is 2. The van der Waals surface area contributed by atoms with Crippen LogP contribution in [0.4, 0.5) is 0 Å². The maximum Gasteiger partial charge on any atom is 0.193 e. The molecule has 2 aromatic rings. The average Bonchev–Trinajstić information content (AvgIpc) is 2.41. The highest BCUT2D eigenvalue weighted by Gasteiger charge is 2.10. The zero-order valence-corrected chi connectivity index (χ0v) is 12.6. The van der Waals surface area contributed by atoms with E-state index < -0.39 is 0 Å². The Kier molecular flexibility index (Phi) is 4.51. The molecule has 0 fully saturated rings. The average molecular weight is 318 g/mol. The largest absolute Gasteiger partial charge is 0.305 e. The molecule has 0 aliphatic rings. The van der Waals surface area contributed by atoms with Gasteiger partial charge in [0.1, 0.15) is 0 Å². The van der Waals surface area contributed by atoms with Crippen LogP contribution in [0, 0.1) is 0 Å². The van der Waals surface area contributed by atoms with Crippen LogP contribution in [0.2, 0.25) is 0 Å². The summed E-state index contributed by atoms with van der Waals surface area (Å²) in [5.41, 5.74) is 2.60. The van der Waals surface area contributed by atoms with Crippen LogP contribution in [0.1, 0.15) is 21.5 Å². The van der Waals surface area contributed by atoms with Gasteiger partial charge in [0.25, 0.3) is 0 Å². The van der Waals surface area contributed by atoms with Crippen molar-refractivity contribution >= 4 is 21.7 Å². The monoisotopic (exact) mass is 317 g/mol. The summed E-state index contributed by atoms with van der Waals surface area (Å²) in [5, 5.41) is 0. The second-order valence-electron chi connectivity index (χ2n) is 4.74. The van der Waals surface area contributed by atoms with E-state index in [9.17, 15) is 4.79 Å². The summed E-state index contributed by atoms with van der Waals surface area (Å²) in [6.45, 7) is 0.848. The topological polar surface area (TPSA) is 20.3 Å². The van der Waals surface area contributed by atoms with Crippen molar-refractivity contribution in [3.05, 3.63) is 69.7 Å². The minimum Gasteiger partial charge on any atom is -0.305 e. The lowest BCUT2D eigenvalue weighted by Gasteiger charge is -2.12. The molecule has 0 bridgehead atoms. The van der Waals surface area contributed by atoms with Gasteiger partial charge in [0.15, 0.2) is 5.78 Å². The third-order valence-corrected chi connectivity index (χ3v) is 3.58. The molecule has 98 valence electrons. The highest BCUT2D eigenvalue weighted by molar-refractivity contribution is 9.10. The second-order valence-corrected chi connectivity index (χ2v) is 5.59. The molecule has 0 amide bonds. The summed E-state index contributed by atoms with van der Waals surface area (Å²) in [6.07, 6.45) is 0. The van der Waals surface area contributed by atoms with Crippen LogP contribution >= 0.6 is 15.9 Å². The highest BCUT2D eigenvalue weighted by Crippen LogP contribution is 2.21. The number of carbonyl (C=O) groups excluding carboxylic acids is 1. The first-order valence-electron chi connectivity index (χ1n) is 6.11. The fourth-order valence-corrected chi connectivity index (χ4v) is 2.42. The lowest BCUT2D eigenvalue weighted by molar-refractivity contribution is 0.103. The summed E-state index contributed by atoms with van der Waals surface area (Å²) < 4.78 is 0.975. The summed E-state index contributed by atoms with van der Waals surface area (Å²) in [6, 6.07) is 15.1. The first kappa shape index (κ1) is 14.0. The van der Waals surface area contributed by atoms with Gasteiger partial charge in [-0.25, -0.2) is 0 Å². The molecule has 2 aromatic carbocycles. The molecule has 0 atom stereocenters. The highest BCUT2D eigenvalue weighted by atomic mass is 79.9. The Balaban J connectivity index is 2.27. The van der Waals surface area contributed by atoms with Crippen molar-refractivity contribution in [2.75, 3.05) is 14.1 Å². The molecule has 0 aromatic heterocycles. The molecule has 2 rings (SSSR count). The molecule has 0 radical (unpaired) electrons. The molecule has 0 aliphatic carbocycles. The smallest absolute Gasteiger partial charge is 0.193 e. The fourth-order valence-electron chi connectivity index (χ4n) is 1.91. The van der Waals surface area contributed by atoms with E-state index in [2.05, 4.69) is 20.8 Å². The molecule has 0 unspecified atom stereocenters. The first-order chi connectivity index (χ1) is 9.08. The van der Waals surface area contributed by atoms with E-state index in [4.69, 9.17) is 0 Å². The zero-order valence-electron chi connectivity index (χ0n) is 11.1. The lowest BCUT2D eigenvalue weighted by atomic mass is 10.0. The van der Waals surface area contributed by atoms with Crippen molar-refractivity contribution in [1.29, 1.82) is 0 Å². The maximum atomic E-state index is 12.3. The van der Waals surface area contributed by atoms with E-state index in [0.29, 0.717) is 5.56 Å². The van der Waals surface area contributed by atoms with E-state index >= 15 is 0 Å². The van der Waals surface area contributed by atoms with Gasteiger partial charge >= 0.3 is 0 Å². The number of nitrogens with zero attached hydrogens (tertiary/aromatic N) is 1. The number of carbonyl (C=O) groups is 1. The third kappa shape index (κ3) is 3.52. The predicted octanol–water partition coefficient (Wildman–Crippen LogP) is 3.74. The van der Waals surface area contributed by atoms with Crippen LogP contribution in [-0.4, -0.2) is 24.8 Å². The van der Waals surface area contributed by atoms with E-state index in [0.717, 1.165) is 16.6 Å². The maximum absolute atomic E-state index is 12.3. The summed E-state index contributed by atoms with van der Waals surface area (Å²) in [4.78, 5) is 14.4. The van der Waals surface area contributed by atoms with Crippen molar-refractivity contribution in [3.8, 4) is 0 Å². The lowest BCUT2D eigenvalue weighted by Crippen LogP contribution is -2.11. The van der Waals surface area contributed by atoms with Gasteiger partial charge < -0.3 is 4.90 Å². The minimum atomic E-state index is 0.0534. The third-order valence-electron chi connectivity index (χ3n) is 2.84. The minimum absolute atomic E-state index is 0.0534. The predicted molar refractivity (Wildman–Crippen MR) is 81.4 cm³/mol. The zero-order chi connectivity index (χ0) is 13.8. The molecule has 0 heterocycles. The van der Waals surface area contributed by atoms with Crippen LogP contribution in [-0.2, 0) is 6.54 Å². The number of ketones is 1.